The molecule has 0 amide bonds. The lowest BCUT2D eigenvalue weighted by Crippen LogP contribution is -2.32. The molecule has 0 N–H and O–H groups in total. The van der Waals surface area contributed by atoms with Crippen LogP contribution in [0.4, 0.5) is 0 Å². The van der Waals surface area contributed by atoms with Gasteiger partial charge in [0.25, 0.3) is 0 Å². The third-order valence-corrected chi connectivity index (χ3v) is 10.8. The van der Waals surface area contributed by atoms with Gasteiger partial charge in [0.15, 0.2) is 30.0 Å². The fourth-order valence-corrected chi connectivity index (χ4v) is 8.84. The van der Waals surface area contributed by atoms with Gasteiger partial charge >= 0.3 is 0 Å². The summed E-state index contributed by atoms with van der Waals surface area (Å²) in [5, 5.41) is 3.95. The van der Waals surface area contributed by atoms with Gasteiger partial charge < -0.3 is 9.47 Å². The highest BCUT2D eigenvalue weighted by Crippen LogP contribution is 2.65. The van der Waals surface area contributed by atoms with Gasteiger partial charge in [-0.05, 0) is 67.4 Å². The van der Waals surface area contributed by atoms with Gasteiger partial charge in [-0.1, -0.05) is 81.3 Å². The summed E-state index contributed by atoms with van der Waals surface area (Å²) in [5.41, 5.74) is 0.805. The van der Waals surface area contributed by atoms with Gasteiger partial charge in [-0.25, -0.2) is 4.79 Å². The fraction of sp³-hybridized carbons (Fsp3) is 0.235. The van der Waals surface area contributed by atoms with E-state index in [4.69, 9.17) is 9.47 Å². The number of benzene rings is 4. The summed E-state index contributed by atoms with van der Waals surface area (Å²) in [5.74, 6) is 3.83. The minimum atomic E-state index is -2.58. The Hall–Kier alpha value is -3.64. The van der Waals surface area contributed by atoms with Gasteiger partial charge in [-0.2, -0.15) is 0 Å². The zero-order valence-corrected chi connectivity index (χ0v) is 23.2. The van der Waals surface area contributed by atoms with E-state index >= 15 is 0 Å². The average molecular weight is 524 g/mol. The second-order valence-corrected chi connectivity index (χ2v) is 12.5. The van der Waals surface area contributed by atoms with Crippen LogP contribution in [0, 0.1) is 0 Å². The van der Waals surface area contributed by atoms with Crippen LogP contribution in [0.25, 0.3) is 5.31 Å². The molecule has 0 aliphatic carbocycles. The average Bonchev–Trinajstić information content (AvgIpc) is 2.98. The van der Waals surface area contributed by atoms with E-state index in [1.54, 1.807) is 0 Å². The van der Waals surface area contributed by atoms with Gasteiger partial charge in [0, 0.05) is 5.56 Å². The maximum absolute atomic E-state index is 13.1. The Labute approximate surface area is 227 Å². The van der Waals surface area contributed by atoms with Crippen LogP contribution >= 0.6 is 7.26 Å². The van der Waals surface area contributed by atoms with Crippen molar-refractivity contribution in [3.63, 3.8) is 0 Å². The molecule has 38 heavy (non-hydrogen) atoms. The molecule has 0 spiro atoms. The lowest BCUT2D eigenvalue weighted by Gasteiger charge is -2.28. The molecular formula is C34H36O3P+. The number of unbranched alkanes of at least 4 members (excludes halogenated alkanes) is 2. The van der Waals surface area contributed by atoms with E-state index in [0.29, 0.717) is 30.0 Å². The first-order valence-electron chi connectivity index (χ1n) is 13.5. The largest absolute Gasteiger partial charge is 0.490 e. The molecule has 0 saturated carbocycles. The maximum atomic E-state index is 13.1. The first kappa shape index (κ1) is 27.4. The van der Waals surface area contributed by atoms with Crippen LogP contribution in [0.1, 0.15) is 45.1 Å². The molecule has 0 atom stereocenters. The molecular weight excluding hydrogens is 487 g/mol. The van der Waals surface area contributed by atoms with Crippen molar-refractivity contribution >= 4 is 34.4 Å². The summed E-state index contributed by atoms with van der Waals surface area (Å²) in [4.78, 5) is 13.1. The molecule has 0 bridgehead atoms. The zero-order valence-electron chi connectivity index (χ0n) is 22.3. The second kappa shape index (κ2) is 13.8. The van der Waals surface area contributed by atoms with E-state index in [2.05, 4.69) is 56.2 Å². The van der Waals surface area contributed by atoms with E-state index < -0.39 is 7.26 Å². The zero-order chi connectivity index (χ0) is 26.6. The first-order chi connectivity index (χ1) is 18.7. The Balaban J connectivity index is 1.95. The monoisotopic (exact) mass is 523 g/mol. The maximum Gasteiger partial charge on any atom is 0.199 e. The van der Waals surface area contributed by atoms with Crippen molar-refractivity contribution < 1.29 is 14.3 Å². The summed E-state index contributed by atoms with van der Waals surface area (Å²) in [6.07, 6.45) is 4.01. The van der Waals surface area contributed by atoms with Crippen LogP contribution in [-0.4, -0.2) is 19.2 Å². The highest BCUT2D eigenvalue weighted by molar-refractivity contribution is 8.03. The minimum absolute atomic E-state index is 0.598. The smallest absolute Gasteiger partial charge is 0.199 e. The topological polar surface area (TPSA) is 35.5 Å². The van der Waals surface area contributed by atoms with Gasteiger partial charge in [0.1, 0.15) is 15.9 Å². The summed E-state index contributed by atoms with van der Waals surface area (Å²) < 4.78 is 12.3. The Kier molecular flexibility index (Phi) is 9.93. The quantitative estimate of drug-likeness (QED) is 0.106. The predicted octanol–water partition coefficient (Wildman–Crippen LogP) is 7.21. The molecule has 0 radical (unpaired) electrons. The lowest BCUT2D eigenvalue weighted by molar-refractivity contribution is 0.262. The molecule has 0 aliphatic rings. The number of rotatable bonds is 13. The molecule has 0 aliphatic heterocycles. The van der Waals surface area contributed by atoms with Crippen molar-refractivity contribution in [2.45, 2.75) is 39.5 Å². The molecule has 4 aromatic carbocycles. The Morgan fingerprint density at radius 2 is 1.08 bits per heavy atom. The molecule has 0 heterocycles. The van der Waals surface area contributed by atoms with Crippen molar-refractivity contribution in [2.75, 3.05) is 13.2 Å². The van der Waals surface area contributed by atoms with Gasteiger partial charge in [0.2, 0.25) is 0 Å². The highest BCUT2D eigenvalue weighted by atomic mass is 31.2. The molecule has 0 fully saturated rings. The molecule has 0 saturated heterocycles. The number of hydrogen-bond acceptors (Lipinski definition) is 3. The number of ether oxygens (including phenoxy) is 2. The molecule has 4 heteroatoms. The van der Waals surface area contributed by atoms with E-state index in [0.717, 1.165) is 47.2 Å². The Bertz CT molecular complexity index is 1230. The van der Waals surface area contributed by atoms with Gasteiger partial charge in [-0.15, -0.1) is 0 Å². The minimum Gasteiger partial charge on any atom is -0.490 e. The number of carbonyl (C=O) groups excluding carboxylic acids is 1. The number of hydrogen-bond donors (Lipinski definition) is 0. The van der Waals surface area contributed by atoms with Gasteiger partial charge in [0.05, 0.1) is 13.2 Å². The second-order valence-electron chi connectivity index (χ2n) is 9.19. The van der Waals surface area contributed by atoms with Crippen LogP contribution in [0.5, 0.6) is 11.5 Å². The molecule has 3 nitrogen and oxygen atoms in total. The summed E-state index contributed by atoms with van der Waals surface area (Å²) in [6.45, 7) is 5.52. The van der Waals surface area contributed by atoms with Crippen LogP contribution in [-0.2, 0) is 4.79 Å². The van der Waals surface area contributed by atoms with Crippen LogP contribution in [0.2, 0.25) is 0 Å². The SMILES string of the molecule is CCCCOc1ccc(C(=C=O)[P+](c2ccccc2)(c2ccccc2)c2ccccc2)cc1OCCCC. The van der Waals surface area contributed by atoms with Crippen molar-refractivity contribution in [2.24, 2.45) is 0 Å². The van der Waals surface area contributed by atoms with Crippen molar-refractivity contribution in [3.05, 3.63) is 115 Å². The van der Waals surface area contributed by atoms with E-state index in [-0.39, 0.29) is 0 Å². The van der Waals surface area contributed by atoms with E-state index in [1.165, 1.54) is 0 Å². The first-order valence-corrected chi connectivity index (χ1v) is 15.3. The van der Waals surface area contributed by atoms with Crippen LogP contribution in [0.3, 0.4) is 0 Å². The predicted molar refractivity (Wildman–Crippen MR) is 161 cm³/mol. The molecule has 0 unspecified atom stereocenters. The molecule has 194 valence electrons. The van der Waals surface area contributed by atoms with Gasteiger partial charge in [-0.3, -0.25) is 0 Å². The molecule has 4 aromatic rings. The standard InChI is InChI=1S/C34H36O3P/c1-3-5-24-36-32-23-22-28(26-33(32)37-25-6-4-2)34(27-35)38(29-16-10-7-11-17-29,30-18-12-8-13-19-30)31-20-14-9-15-21-31/h7-23,26H,3-6,24-25H2,1-2H3/q+1. The van der Waals surface area contributed by atoms with Crippen LogP contribution in [0.15, 0.2) is 109 Å². The normalized spacial score (nSPS) is 11.0. The van der Waals surface area contributed by atoms with Crippen molar-refractivity contribution in [3.8, 4) is 11.5 Å². The Morgan fingerprint density at radius 1 is 0.632 bits per heavy atom. The van der Waals surface area contributed by atoms with Crippen LogP contribution < -0.4 is 25.4 Å². The summed E-state index contributed by atoms with van der Waals surface area (Å²) >= 11 is 0. The third kappa shape index (κ3) is 5.91. The Morgan fingerprint density at radius 3 is 1.50 bits per heavy atom. The van der Waals surface area contributed by atoms with E-state index in [1.807, 2.05) is 72.8 Å². The molecule has 4 rings (SSSR count). The van der Waals surface area contributed by atoms with E-state index in [9.17, 15) is 4.79 Å². The van der Waals surface area contributed by atoms with Crippen molar-refractivity contribution in [1.29, 1.82) is 0 Å². The lowest BCUT2D eigenvalue weighted by atomic mass is 10.2. The molecule has 0 aromatic heterocycles. The highest BCUT2D eigenvalue weighted by Gasteiger charge is 2.51. The summed E-state index contributed by atoms with van der Waals surface area (Å²) in [7, 11) is -2.58. The fourth-order valence-electron chi connectivity index (χ4n) is 4.65. The van der Waals surface area contributed by atoms with Crippen molar-refractivity contribution in [1.82, 2.24) is 0 Å². The third-order valence-electron chi connectivity index (χ3n) is 6.59. The summed E-state index contributed by atoms with van der Waals surface area (Å²) in [6, 6.07) is 37.0.